The predicted octanol–water partition coefficient (Wildman–Crippen LogP) is 11.1. The minimum Gasteiger partial charge on any atom is -0.459 e. The van der Waals surface area contributed by atoms with E-state index in [-0.39, 0.29) is 55.3 Å². The number of hydrogen-bond acceptors (Lipinski definition) is 21. The highest BCUT2D eigenvalue weighted by Crippen LogP contribution is 2.40. The summed E-state index contributed by atoms with van der Waals surface area (Å²) in [5.74, 6) is -5.38. The van der Waals surface area contributed by atoms with E-state index >= 15 is 4.79 Å². The van der Waals surface area contributed by atoms with Crippen molar-refractivity contribution in [2.75, 3.05) is 13.2 Å². The van der Waals surface area contributed by atoms with Crippen LogP contribution in [0.15, 0.2) is 255 Å². The Kier molecular flexibility index (Phi) is 25.4. The third-order valence-electron chi connectivity index (χ3n) is 16.5. The van der Waals surface area contributed by atoms with E-state index in [1.165, 1.54) is 61.5 Å². The molecule has 0 aromatic heterocycles. The Hall–Kier alpha value is -10.0. The Bertz CT molecular complexity index is 3900. The van der Waals surface area contributed by atoms with Gasteiger partial charge in [-0.3, -0.25) is 4.79 Å². The number of carbonyl (C=O) groups is 6. The van der Waals surface area contributed by atoms with Gasteiger partial charge in [-0.25, -0.2) is 24.0 Å². The Morgan fingerprint density at radius 1 is 0.360 bits per heavy atom. The zero-order chi connectivity index (χ0) is 69.6. The smallest absolute Gasteiger partial charge is 0.338 e. The number of carbonyl (C=O) groups excluding carboxylic acids is 6. The van der Waals surface area contributed by atoms with Crippen LogP contribution in [0.2, 0.25) is 0 Å². The summed E-state index contributed by atoms with van der Waals surface area (Å²) in [5, 5.41) is 0. The van der Waals surface area contributed by atoms with Crippen molar-refractivity contribution in [3.8, 4) is 0 Å². The van der Waals surface area contributed by atoms with E-state index in [0.717, 1.165) is 11.1 Å². The first-order valence-electron chi connectivity index (χ1n) is 32.7. The molecule has 21 heteroatoms. The van der Waals surface area contributed by atoms with Gasteiger partial charge < -0.3 is 71.1 Å². The summed E-state index contributed by atoms with van der Waals surface area (Å²) in [6.45, 7) is 5.50. The van der Waals surface area contributed by atoms with Crippen molar-refractivity contribution in [1.82, 2.24) is 0 Å². The van der Waals surface area contributed by atoms with E-state index in [4.69, 9.17) is 71.1 Å². The average Bonchev–Trinajstić information content (AvgIpc) is 0.763. The highest BCUT2D eigenvalue weighted by atomic mass is 16.8. The third-order valence-corrected chi connectivity index (χ3v) is 16.5. The number of benzene rings is 8. The lowest BCUT2D eigenvalue weighted by Gasteiger charge is -2.50. The van der Waals surface area contributed by atoms with Gasteiger partial charge in [-0.1, -0.05) is 200 Å². The highest BCUT2D eigenvalue weighted by molar-refractivity contribution is 5.92. The second kappa shape index (κ2) is 35.6. The first kappa shape index (κ1) is 71.3. The van der Waals surface area contributed by atoms with Gasteiger partial charge in [0.15, 0.2) is 49.4 Å². The maximum absolute atomic E-state index is 15.1. The molecule has 100 heavy (non-hydrogen) atoms. The molecule has 21 nitrogen and oxygen atoms in total. The van der Waals surface area contributed by atoms with Crippen LogP contribution in [0.1, 0.15) is 77.5 Å². The summed E-state index contributed by atoms with van der Waals surface area (Å²) in [6.07, 6.45) is -22.1. The fourth-order valence-corrected chi connectivity index (χ4v) is 11.6. The second-order valence-corrected chi connectivity index (χ2v) is 23.6. The molecule has 0 spiro atoms. The van der Waals surface area contributed by atoms with Gasteiger partial charge in [-0.05, 0) is 77.7 Å². The lowest BCUT2D eigenvalue weighted by Crippen LogP contribution is -2.68. The van der Waals surface area contributed by atoms with E-state index < -0.39 is 135 Å². The lowest BCUT2D eigenvalue weighted by molar-refractivity contribution is -0.380. The second-order valence-electron chi connectivity index (χ2n) is 23.6. The molecule has 0 saturated carbocycles. The van der Waals surface area contributed by atoms with Crippen molar-refractivity contribution in [2.45, 2.75) is 132 Å². The molecule has 0 unspecified atom stereocenters. The Morgan fingerprint density at radius 2 is 0.730 bits per heavy atom. The first-order valence-corrected chi connectivity index (χ1v) is 32.7. The van der Waals surface area contributed by atoms with Crippen molar-refractivity contribution in [3.05, 3.63) is 300 Å². The van der Waals surface area contributed by atoms with Gasteiger partial charge >= 0.3 is 35.8 Å². The molecule has 518 valence electrons. The Balaban J connectivity index is 1.02. The topological polar surface area (TPSA) is 241 Å². The van der Waals surface area contributed by atoms with E-state index in [9.17, 15) is 24.0 Å². The van der Waals surface area contributed by atoms with Crippen LogP contribution in [0.3, 0.4) is 0 Å². The van der Waals surface area contributed by atoms with Gasteiger partial charge in [0.05, 0.1) is 54.8 Å². The summed E-state index contributed by atoms with van der Waals surface area (Å²) in [4.78, 5) is 86.9. The van der Waals surface area contributed by atoms with Crippen molar-refractivity contribution < 1.29 is 99.8 Å². The summed E-state index contributed by atoms with van der Waals surface area (Å²) in [6, 6.07) is 68.5. The summed E-state index contributed by atoms with van der Waals surface area (Å²) in [7, 11) is 0. The fourth-order valence-electron chi connectivity index (χ4n) is 11.6. The molecule has 3 fully saturated rings. The first-order chi connectivity index (χ1) is 48.9. The molecule has 0 radical (unpaired) electrons. The quantitative estimate of drug-likeness (QED) is 0.0240. The van der Waals surface area contributed by atoms with Gasteiger partial charge in [0, 0.05) is 6.92 Å². The zero-order valence-corrected chi connectivity index (χ0v) is 54.9. The molecule has 3 heterocycles. The van der Waals surface area contributed by atoms with Gasteiger partial charge in [0.25, 0.3) is 0 Å². The lowest BCUT2D eigenvalue weighted by atomic mass is 9.95. The standard InChI is InChI=1S/C79H76O21/c1-4-45-86-77-69(89-48-55-33-17-7-18-34-55)65(88-47-54-31-15-6-16-32-54)67(68(100-77)76(85)90-49-56-35-19-8-20-36-56)99-78-70(93-52(3)80)64(87-46-53-29-13-5-14-30-53)62(51(2)92-78)98-79-71(97-75(84)60-43-27-12-28-44-60)66(96-74(83)59-41-25-11-26-42-59)63(95-73(82)58-39-23-10-24-40-58)61(94-79)50-91-72(81)57-37-21-9-22-38-57/h4-44,51,61-71,77-79H,1,45-50H2,2-3H3/t51-,61+,62-,63-,64+,65-,66-,67+,68-,69+,70+,71+,77+,78-,79-/m0/s1. The molecule has 0 aliphatic carbocycles. The molecule has 11 rings (SSSR count). The monoisotopic (exact) mass is 1360 g/mol. The Morgan fingerprint density at radius 3 is 1.18 bits per heavy atom. The number of rotatable bonds is 29. The van der Waals surface area contributed by atoms with Gasteiger partial charge in [-0.2, -0.15) is 0 Å². The molecular weight excluding hydrogens is 1280 g/mol. The van der Waals surface area contributed by atoms with Gasteiger partial charge in [0.1, 0.15) is 49.8 Å². The van der Waals surface area contributed by atoms with Crippen molar-refractivity contribution in [3.63, 3.8) is 0 Å². The molecule has 3 aliphatic rings. The van der Waals surface area contributed by atoms with Crippen LogP contribution in [0, 0.1) is 0 Å². The van der Waals surface area contributed by atoms with Gasteiger partial charge in [0.2, 0.25) is 0 Å². The molecule has 3 aliphatic heterocycles. The normalized spacial score (nSPS) is 24.8. The average molecular weight is 1360 g/mol. The zero-order valence-electron chi connectivity index (χ0n) is 54.9. The van der Waals surface area contributed by atoms with Gasteiger partial charge in [-0.15, -0.1) is 6.58 Å². The molecule has 0 bridgehead atoms. The van der Waals surface area contributed by atoms with Crippen LogP contribution in [0.4, 0.5) is 0 Å². The van der Waals surface area contributed by atoms with E-state index in [1.807, 2.05) is 72.8 Å². The number of hydrogen-bond donors (Lipinski definition) is 0. The maximum atomic E-state index is 15.1. The van der Waals surface area contributed by atoms with Crippen LogP contribution in [0.25, 0.3) is 0 Å². The summed E-state index contributed by atoms with van der Waals surface area (Å²) in [5.41, 5.74) is 3.17. The fraction of sp³-hybridized carbons (Fsp3) is 0.291. The van der Waals surface area contributed by atoms with Crippen molar-refractivity contribution >= 4 is 35.8 Å². The molecule has 0 amide bonds. The minimum atomic E-state index is -1.91. The highest BCUT2D eigenvalue weighted by Gasteiger charge is 2.59. The van der Waals surface area contributed by atoms with E-state index in [0.29, 0.717) is 11.1 Å². The van der Waals surface area contributed by atoms with E-state index in [2.05, 4.69) is 6.58 Å². The van der Waals surface area contributed by atoms with Crippen LogP contribution < -0.4 is 0 Å². The molecule has 3 saturated heterocycles. The molecule has 0 N–H and O–H groups in total. The molecule has 8 aromatic carbocycles. The third kappa shape index (κ3) is 19.0. The number of ether oxygens (including phenoxy) is 15. The van der Waals surface area contributed by atoms with E-state index in [1.54, 1.807) is 128 Å². The van der Waals surface area contributed by atoms with Crippen molar-refractivity contribution in [2.24, 2.45) is 0 Å². The molecule has 15 atom stereocenters. The van der Waals surface area contributed by atoms with Crippen LogP contribution in [-0.2, 0) is 107 Å². The molecule has 8 aromatic rings. The SMILES string of the molecule is C=CCO[C@@H]1O[C@H](C(=O)OCc2ccccc2)[C@H](O[C@@H]2O[C@@H](C)[C@H](O[C@@H]3O[C@H](COC(=O)c4ccccc4)[C@H](OC(=O)c4ccccc4)[C@H](OC(=O)c4ccccc4)[C@H]3OC(=O)c3ccccc3)[C@@H](OCc3ccccc3)[C@H]2OC(C)=O)[C@H](OCc2ccccc2)[C@H]1OCc1ccccc1. The predicted molar refractivity (Wildman–Crippen MR) is 358 cm³/mol. The minimum absolute atomic E-state index is 0.00896. The maximum Gasteiger partial charge on any atom is 0.338 e. The largest absolute Gasteiger partial charge is 0.459 e. The Labute approximate surface area is 578 Å². The van der Waals surface area contributed by atoms with Crippen LogP contribution >= 0.6 is 0 Å². The van der Waals surface area contributed by atoms with Crippen molar-refractivity contribution in [1.29, 1.82) is 0 Å². The number of esters is 6. The summed E-state index contributed by atoms with van der Waals surface area (Å²) < 4.78 is 99.3. The molecular formula is C79H76O21. The summed E-state index contributed by atoms with van der Waals surface area (Å²) >= 11 is 0. The van der Waals surface area contributed by atoms with Crippen LogP contribution in [-0.4, -0.2) is 141 Å². The van der Waals surface area contributed by atoms with Crippen LogP contribution in [0.5, 0.6) is 0 Å².